The van der Waals surface area contributed by atoms with Gasteiger partial charge >= 0.3 is 0 Å². The van der Waals surface area contributed by atoms with Crippen LogP contribution in [0.15, 0.2) is 29.5 Å². The maximum atomic E-state index is 12.8. The number of ketones is 1. The summed E-state index contributed by atoms with van der Waals surface area (Å²) in [6.07, 6.45) is 2.36. The van der Waals surface area contributed by atoms with Gasteiger partial charge in [-0.1, -0.05) is 19.9 Å². The SMILES string of the molecule is CCN1C(=S)NC(c2ccc(OCC(C)C)c(OC)c2)C2=C1CCCC2=O. The Morgan fingerprint density at radius 3 is 2.74 bits per heavy atom. The first-order chi connectivity index (χ1) is 13.0. The summed E-state index contributed by atoms with van der Waals surface area (Å²) in [6, 6.07) is 5.62. The summed E-state index contributed by atoms with van der Waals surface area (Å²) in [5.74, 6) is 2.02. The molecule has 1 aliphatic carbocycles. The van der Waals surface area contributed by atoms with Crippen molar-refractivity contribution in [3.05, 3.63) is 35.0 Å². The molecular weight excluding hydrogens is 360 g/mol. The van der Waals surface area contributed by atoms with Gasteiger partial charge in [0, 0.05) is 24.2 Å². The normalized spacial score (nSPS) is 19.9. The molecule has 1 unspecified atom stereocenters. The summed E-state index contributed by atoms with van der Waals surface area (Å²) in [4.78, 5) is 14.8. The van der Waals surface area contributed by atoms with Gasteiger partial charge in [-0.05, 0) is 55.6 Å². The summed E-state index contributed by atoms with van der Waals surface area (Å²) in [5.41, 5.74) is 2.88. The Labute approximate surface area is 166 Å². The van der Waals surface area contributed by atoms with Crippen molar-refractivity contribution in [2.45, 2.75) is 46.1 Å². The van der Waals surface area contributed by atoms with Gasteiger partial charge in [-0.3, -0.25) is 4.79 Å². The van der Waals surface area contributed by atoms with E-state index in [9.17, 15) is 4.79 Å². The molecule has 0 bridgehead atoms. The smallest absolute Gasteiger partial charge is 0.173 e. The highest BCUT2D eigenvalue weighted by molar-refractivity contribution is 7.80. The third-order valence-corrected chi connectivity index (χ3v) is 5.30. The molecule has 0 aromatic heterocycles. The molecule has 3 rings (SSSR count). The van der Waals surface area contributed by atoms with Crippen LogP contribution in [0.5, 0.6) is 11.5 Å². The minimum absolute atomic E-state index is 0.203. The van der Waals surface area contributed by atoms with Crippen LogP contribution in [0, 0.1) is 5.92 Å². The lowest BCUT2D eigenvalue weighted by Gasteiger charge is -2.40. The summed E-state index contributed by atoms with van der Waals surface area (Å²) in [7, 11) is 1.63. The highest BCUT2D eigenvalue weighted by Crippen LogP contribution is 2.39. The number of rotatable bonds is 6. The second-order valence-electron chi connectivity index (χ2n) is 7.38. The van der Waals surface area contributed by atoms with Crippen molar-refractivity contribution < 1.29 is 14.3 Å². The van der Waals surface area contributed by atoms with E-state index >= 15 is 0 Å². The molecule has 0 saturated carbocycles. The van der Waals surface area contributed by atoms with Gasteiger partial charge in [-0.2, -0.15) is 0 Å². The van der Waals surface area contributed by atoms with Crippen molar-refractivity contribution in [2.75, 3.05) is 20.3 Å². The van der Waals surface area contributed by atoms with Crippen LogP contribution in [0.25, 0.3) is 0 Å². The minimum Gasteiger partial charge on any atom is -0.493 e. The molecule has 0 saturated heterocycles. The first-order valence-electron chi connectivity index (χ1n) is 9.61. The summed E-state index contributed by atoms with van der Waals surface area (Å²) >= 11 is 5.58. The highest BCUT2D eigenvalue weighted by Gasteiger charge is 2.36. The Hall–Kier alpha value is -2.08. The number of nitrogens with zero attached hydrogens (tertiary/aromatic N) is 1. The van der Waals surface area contributed by atoms with Crippen LogP contribution >= 0.6 is 12.2 Å². The molecule has 1 aromatic rings. The Morgan fingerprint density at radius 1 is 1.30 bits per heavy atom. The number of carbonyl (C=O) groups excluding carboxylic acids is 1. The topological polar surface area (TPSA) is 50.8 Å². The third kappa shape index (κ3) is 3.95. The monoisotopic (exact) mass is 388 g/mol. The predicted octanol–water partition coefficient (Wildman–Crippen LogP) is 3.99. The zero-order valence-electron chi connectivity index (χ0n) is 16.5. The maximum Gasteiger partial charge on any atom is 0.173 e. The molecule has 6 heteroatoms. The Balaban J connectivity index is 1.99. The van der Waals surface area contributed by atoms with Crippen molar-refractivity contribution in [2.24, 2.45) is 5.92 Å². The van der Waals surface area contributed by atoms with Gasteiger partial charge in [0.05, 0.1) is 19.8 Å². The molecule has 0 spiro atoms. The maximum absolute atomic E-state index is 12.8. The van der Waals surface area contributed by atoms with E-state index in [1.54, 1.807) is 7.11 Å². The zero-order chi connectivity index (χ0) is 19.6. The Morgan fingerprint density at radius 2 is 2.07 bits per heavy atom. The van der Waals surface area contributed by atoms with Gasteiger partial charge in [0.2, 0.25) is 0 Å². The zero-order valence-corrected chi connectivity index (χ0v) is 17.3. The van der Waals surface area contributed by atoms with Crippen LogP contribution < -0.4 is 14.8 Å². The second kappa shape index (κ2) is 8.30. The number of methoxy groups -OCH3 is 1. The van der Waals surface area contributed by atoms with E-state index in [-0.39, 0.29) is 11.8 Å². The lowest BCUT2D eigenvalue weighted by atomic mass is 9.84. The first kappa shape index (κ1) is 19.7. The van der Waals surface area contributed by atoms with Crippen molar-refractivity contribution in [3.8, 4) is 11.5 Å². The van der Waals surface area contributed by atoms with Crippen LogP contribution in [0.2, 0.25) is 0 Å². The van der Waals surface area contributed by atoms with Crippen molar-refractivity contribution in [1.82, 2.24) is 10.2 Å². The highest BCUT2D eigenvalue weighted by atomic mass is 32.1. The molecule has 0 fully saturated rings. The van der Waals surface area contributed by atoms with Crippen LogP contribution in [-0.2, 0) is 4.79 Å². The van der Waals surface area contributed by atoms with Gasteiger partial charge < -0.3 is 19.7 Å². The molecule has 1 atom stereocenters. The van der Waals surface area contributed by atoms with Crippen LogP contribution in [0.4, 0.5) is 0 Å². The van der Waals surface area contributed by atoms with Gasteiger partial charge in [-0.15, -0.1) is 0 Å². The molecule has 0 amide bonds. The molecule has 2 aliphatic rings. The van der Waals surface area contributed by atoms with Crippen molar-refractivity contribution in [1.29, 1.82) is 0 Å². The number of allylic oxidation sites excluding steroid dienone is 1. The fourth-order valence-corrected chi connectivity index (χ4v) is 4.03. The Bertz CT molecular complexity index is 773. The van der Waals surface area contributed by atoms with Crippen LogP contribution in [0.1, 0.15) is 51.6 Å². The van der Waals surface area contributed by atoms with E-state index in [0.29, 0.717) is 35.6 Å². The summed E-state index contributed by atoms with van der Waals surface area (Å²) in [6.45, 7) is 7.66. The largest absolute Gasteiger partial charge is 0.493 e. The predicted molar refractivity (Wildman–Crippen MR) is 110 cm³/mol. The Kier molecular flexibility index (Phi) is 6.05. The van der Waals surface area contributed by atoms with E-state index < -0.39 is 0 Å². The molecule has 1 heterocycles. The molecule has 1 aromatic carbocycles. The summed E-state index contributed by atoms with van der Waals surface area (Å²) < 4.78 is 11.4. The first-order valence-corrected chi connectivity index (χ1v) is 10.0. The molecule has 0 radical (unpaired) electrons. The van der Waals surface area contributed by atoms with Crippen molar-refractivity contribution >= 4 is 23.1 Å². The van der Waals surface area contributed by atoms with Gasteiger partial charge in [0.15, 0.2) is 22.4 Å². The molecule has 27 heavy (non-hydrogen) atoms. The number of nitrogens with one attached hydrogen (secondary N) is 1. The van der Waals surface area contributed by atoms with E-state index in [1.165, 1.54) is 0 Å². The fourth-order valence-electron chi connectivity index (χ4n) is 3.67. The standard InChI is InChI=1S/C21H28N2O3S/c1-5-23-15-7-6-8-16(24)19(15)20(22-21(23)27)14-9-10-17(18(11-14)25-4)26-12-13(2)3/h9-11,13,20H,5-8,12H2,1-4H3,(H,22,27). The molecule has 1 N–H and O–H groups in total. The van der Waals surface area contributed by atoms with E-state index in [4.69, 9.17) is 21.7 Å². The second-order valence-corrected chi connectivity index (χ2v) is 7.77. The number of carbonyl (C=O) groups is 1. The number of hydrogen-bond acceptors (Lipinski definition) is 4. The molecule has 5 nitrogen and oxygen atoms in total. The average molecular weight is 389 g/mol. The number of thiocarbonyl (C=S) groups is 1. The van der Waals surface area contributed by atoms with Crippen LogP contribution in [0.3, 0.4) is 0 Å². The van der Waals surface area contributed by atoms with Gasteiger partial charge in [0.25, 0.3) is 0 Å². The average Bonchev–Trinajstić information content (AvgIpc) is 2.65. The van der Waals surface area contributed by atoms with E-state index in [2.05, 4.69) is 31.0 Å². The van der Waals surface area contributed by atoms with Crippen LogP contribution in [-0.4, -0.2) is 36.1 Å². The van der Waals surface area contributed by atoms with E-state index in [0.717, 1.165) is 36.2 Å². The molecule has 1 aliphatic heterocycles. The quantitative estimate of drug-likeness (QED) is 0.744. The third-order valence-electron chi connectivity index (χ3n) is 4.97. The number of benzene rings is 1. The number of Topliss-reactive ketones (excluding diaryl/α,β-unsaturated/α-hetero) is 1. The van der Waals surface area contributed by atoms with Gasteiger partial charge in [-0.25, -0.2) is 0 Å². The molecule has 146 valence electrons. The number of hydrogen-bond donors (Lipinski definition) is 1. The fraction of sp³-hybridized carbons (Fsp3) is 0.524. The number of ether oxygens (including phenoxy) is 2. The minimum atomic E-state index is -0.240. The summed E-state index contributed by atoms with van der Waals surface area (Å²) in [5, 5.41) is 4.04. The lowest BCUT2D eigenvalue weighted by Crippen LogP contribution is -2.49. The van der Waals surface area contributed by atoms with E-state index in [1.807, 2.05) is 18.2 Å². The van der Waals surface area contributed by atoms with Gasteiger partial charge in [0.1, 0.15) is 0 Å². The lowest BCUT2D eigenvalue weighted by molar-refractivity contribution is -0.116. The van der Waals surface area contributed by atoms with Crippen molar-refractivity contribution in [3.63, 3.8) is 0 Å². The molecular formula is C21H28N2O3S.